The third kappa shape index (κ3) is 15.7. The second-order valence-corrected chi connectivity index (χ2v) is 30.3. The highest BCUT2D eigenvalue weighted by molar-refractivity contribution is 5.81. The maximum Gasteiger partial charge on any atom is 0.347 e. The van der Waals surface area contributed by atoms with Crippen LogP contribution in [0.3, 0.4) is 0 Å². The van der Waals surface area contributed by atoms with Crippen LogP contribution in [-0.4, -0.2) is 107 Å². The SMILES string of the molecule is CCC(C)C(=O)OC(C)(C)C12CC3CC(CC(C3)C1)C2.CCC(C)C(=O)OC(C)(C)C12CC3CC(CC(O)(C3)C1)C2.CCC(C)C(=O)OC1(CC)CCCC1.CCC(C)C(=O)OC1CC2OC1C1COC(=O)C21.CCC(C)C(=O)OC1CCOC1=O. The van der Waals surface area contributed by atoms with Crippen LogP contribution in [0.2, 0.25) is 0 Å². The van der Waals surface area contributed by atoms with Crippen molar-refractivity contribution in [1.29, 1.82) is 0 Å². The van der Waals surface area contributed by atoms with Crippen LogP contribution in [-0.2, 0) is 71.5 Å². The molecule has 86 heavy (non-hydrogen) atoms. The molecule has 16 heteroatoms. The minimum atomic E-state index is -0.665. The maximum absolute atomic E-state index is 12.3. The number of aliphatic hydroxyl groups is 1. The molecule has 13 fully saturated rings. The Labute approximate surface area is 516 Å². The van der Waals surface area contributed by atoms with E-state index in [9.17, 15) is 38.7 Å². The van der Waals surface area contributed by atoms with E-state index in [1.54, 1.807) is 6.92 Å². The molecular formula is C70H114O16. The second-order valence-electron chi connectivity index (χ2n) is 30.3. The average molecular weight is 1210 g/mol. The monoisotopic (exact) mass is 1210 g/mol. The summed E-state index contributed by atoms with van der Waals surface area (Å²) in [6.45, 7) is 30.9. The summed E-state index contributed by atoms with van der Waals surface area (Å²) in [6, 6.07) is 0. The van der Waals surface area contributed by atoms with Gasteiger partial charge in [-0.1, -0.05) is 76.2 Å². The molecule has 0 spiro atoms. The first kappa shape index (κ1) is 69.7. The fourth-order valence-electron chi connectivity index (χ4n) is 17.2. The van der Waals surface area contributed by atoms with Gasteiger partial charge in [0.2, 0.25) is 6.10 Å². The minimum absolute atomic E-state index is 0.00347. The molecule has 0 aromatic heterocycles. The van der Waals surface area contributed by atoms with Crippen molar-refractivity contribution >= 4 is 41.8 Å². The fraction of sp³-hybridized carbons (Fsp3) is 0.900. The van der Waals surface area contributed by atoms with Crippen LogP contribution in [0.1, 0.15) is 258 Å². The van der Waals surface area contributed by atoms with Crippen molar-refractivity contribution in [1.82, 2.24) is 0 Å². The first-order chi connectivity index (χ1) is 40.4. The van der Waals surface area contributed by atoms with Crippen molar-refractivity contribution in [3.05, 3.63) is 0 Å². The molecule has 4 aliphatic heterocycles. The summed E-state index contributed by atoms with van der Waals surface area (Å²) < 4.78 is 43.6. The quantitative estimate of drug-likeness (QED) is 0.0998. The van der Waals surface area contributed by atoms with Crippen molar-refractivity contribution in [2.45, 2.75) is 305 Å². The molecule has 4 heterocycles. The largest absolute Gasteiger partial charge is 0.465 e. The third-order valence-corrected chi connectivity index (χ3v) is 23.4. The van der Waals surface area contributed by atoms with E-state index in [1.807, 2.05) is 55.4 Å². The summed E-state index contributed by atoms with van der Waals surface area (Å²) in [4.78, 5) is 81.7. The summed E-state index contributed by atoms with van der Waals surface area (Å²) in [6.07, 6.45) is 24.0. The Bertz CT molecular complexity index is 2300. The predicted molar refractivity (Wildman–Crippen MR) is 324 cm³/mol. The fourth-order valence-corrected chi connectivity index (χ4v) is 17.2. The summed E-state index contributed by atoms with van der Waals surface area (Å²) in [5.41, 5.74) is -1.12. The van der Waals surface area contributed by atoms with Gasteiger partial charge in [0.05, 0.1) is 60.4 Å². The van der Waals surface area contributed by atoms with E-state index in [0.29, 0.717) is 37.9 Å². The molecule has 490 valence electrons. The third-order valence-electron chi connectivity index (χ3n) is 23.4. The zero-order valence-corrected chi connectivity index (χ0v) is 55.7. The van der Waals surface area contributed by atoms with E-state index in [-0.39, 0.29) is 118 Å². The number of hydrogen-bond acceptors (Lipinski definition) is 16. The molecule has 0 amide bonds. The Morgan fingerprint density at radius 2 is 1.00 bits per heavy atom. The number of carbonyl (C=O) groups is 7. The first-order valence-corrected chi connectivity index (χ1v) is 34.2. The number of esters is 7. The van der Waals surface area contributed by atoms with Gasteiger partial charge in [0.25, 0.3) is 0 Å². The van der Waals surface area contributed by atoms with Crippen LogP contribution in [0.15, 0.2) is 0 Å². The van der Waals surface area contributed by atoms with Gasteiger partial charge >= 0.3 is 41.8 Å². The van der Waals surface area contributed by atoms with Gasteiger partial charge in [0, 0.05) is 29.6 Å². The lowest BCUT2D eigenvalue weighted by Crippen LogP contribution is -2.63. The highest BCUT2D eigenvalue weighted by Gasteiger charge is 2.64. The smallest absolute Gasteiger partial charge is 0.347 e. The molecule has 4 saturated heterocycles. The average Bonchev–Trinajstić information content (AvgIpc) is 1.03. The highest BCUT2D eigenvalue weighted by Crippen LogP contribution is 2.66. The molecule has 9 aliphatic carbocycles. The standard InChI is InChI=1S/C18H30O3.C18H30O2.C13H18O5.C12H22O2.C9H14O4/c1-5-12(2)15(19)21-16(3,4)17-7-13-6-14(8-17)10-18(20,9-13)11-17;1-5-12(2)16(19)20-17(3,4)18-9-13-6-14(10-18)8-15(7-13)11-18;1-3-6(2)12(14)18-9-4-8-10-7(11(9)17-8)5-16-13(10)15;1-4-10(3)11(13)14-12(5-2)8-6-7-9-12;1-3-6(2)8(10)13-7-4-5-12-9(7)11/h12-14,20H,5-11H2,1-4H3;12-15H,5-11H2,1-4H3;6-11H,3-5H2,1-2H3;10H,4-9H2,1-3H3;6-7H,3-5H2,1-2H3. The van der Waals surface area contributed by atoms with E-state index < -0.39 is 23.3 Å². The van der Waals surface area contributed by atoms with Crippen molar-refractivity contribution in [2.24, 2.45) is 81.8 Å². The molecule has 13 aliphatic rings. The lowest BCUT2D eigenvalue weighted by Gasteiger charge is -2.64. The van der Waals surface area contributed by atoms with Crippen molar-refractivity contribution in [3.63, 3.8) is 0 Å². The Hall–Kier alpha value is -3.79. The van der Waals surface area contributed by atoms with Gasteiger partial charge in [0.1, 0.15) is 29.0 Å². The van der Waals surface area contributed by atoms with Gasteiger partial charge in [-0.15, -0.1) is 0 Å². The Kier molecular flexibility index (Phi) is 23.2. The van der Waals surface area contributed by atoms with E-state index in [0.717, 1.165) is 101 Å². The van der Waals surface area contributed by atoms with E-state index in [1.165, 1.54) is 57.8 Å². The molecule has 13 atom stereocenters. The van der Waals surface area contributed by atoms with E-state index in [2.05, 4.69) is 46.3 Å². The summed E-state index contributed by atoms with van der Waals surface area (Å²) in [5.74, 6) is 2.60. The van der Waals surface area contributed by atoms with E-state index in [4.69, 9.17) is 33.2 Å². The van der Waals surface area contributed by atoms with Gasteiger partial charge in [-0.3, -0.25) is 28.8 Å². The molecule has 0 aromatic carbocycles. The molecule has 13 rings (SSSR count). The number of fused-ring (bicyclic) bond motifs is 5. The minimum Gasteiger partial charge on any atom is -0.465 e. The number of cyclic esters (lactones) is 2. The lowest BCUT2D eigenvalue weighted by atomic mass is 9.44. The topological polar surface area (TPSA) is 214 Å². The summed E-state index contributed by atoms with van der Waals surface area (Å²) in [7, 11) is 0. The van der Waals surface area contributed by atoms with Crippen LogP contribution in [0.5, 0.6) is 0 Å². The van der Waals surface area contributed by atoms with Gasteiger partial charge < -0.3 is 43.0 Å². The zero-order valence-electron chi connectivity index (χ0n) is 55.7. The first-order valence-electron chi connectivity index (χ1n) is 34.2. The molecule has 9 saturated carbocycles. The molecule has 10 bridgehead atoms. The van der Waals surface area contributed by atoms with Crippen LogP contribution < -0.4 is 0 Å². The van der Waals surface area contributed by atoms with Crippen LogP contribution in [0.25, 0.3) is 0 Å². The van der Waals surface area contributed by atoms with E-state index >= 15 is 0 Å². The lowest BCUT2D eigenvalue weighted by molar-refractivity contribution is -0.233. The van der Waals surface area contributed by atoms with Crippen molar-refractivity contribution < 1.29 is 76.6 Å². The number of carbonyl (C=O) groups excluding carboxylic acids is 7. The maximum atomic E-state index is 12.3. The van der Waals surface area contributed by atoms with Gasteiger partial charge in [-0.2, -0.15) is 0 Å². The number of rotatable bonds is 18. The van der Waals surface area contributed by atoms with Gasteiger partial charge in [-0.25, -0.2) is 4.79 Å². The predicted octanol–water partition coefficient (Wildman–Crippen LogP) is 13.4. The molecule has 1 N–H and O–H groups in total. The van der Waals surface area contributed by atoms with Crippen molar-refractivity contribution in [3.8, 4) is 0 Å². The Balaban J connectivity index is 0.000000156. The molecular weight excluding hydrogens is 1100 g/mol. The zero-order chi connectivity index (χ0) is 63.3. The van der Waals surface area contributed by atoms with Crippen molar-refractivity contribution in [2.75, 3.05) is 13.2 Å². The number of ether oxygens (including phenoxy) is 8. The molecule has 16 nitrogen and oxygen atoms in total. The normalized spacial score (nSPS) is 36.0. The van der Waals surface area contributed by atoms with Crippen LogP contribution >= 0.6 is 0 Å². The van der Waals surface area contributed by atoms with Crippen LogP contribution in [0.4, 0.5) is 0 Å². The molecule has 0 radical (unpaired) electrons. The number of hydrogen-bond donors (Lipinski definition) is 1. The van der Waals surface area contributed by atoms with Gasteiger partial charge in [-0.05, 0) is 199 Å². The Morgan fingerprint density at radius 1 is 0.558 bits per heavy atom. The Morgan fingerprint density at radius 3 is 1.45 bits per heavy atom. The molecule has 13 unspecified atom stereocenters. The summed E-state index contributed by atoms with van der Waals surface area (Å²) >= 11 is 0. The van der Waals surface area contributed by atoms with Crippen LogP contribution in [0, 0.1) is 81.8 Å². The molecule has 0 aromatic rings. The highest BCUT2D eigenvalue weighted by atomic mass is 16.6. The second kappa shape index (κ2) is 28.6. The van der Waals surface area contributed by atoms with Gasteiger partial charge in [0.15, 0.2) is 0 Å². The summed E-state index contributed by atoms with van der Waals surface area (Å²) in [5, 5.41) is 10.9.